The monoisotopic (exact) mass is 496 g/mol. The number of guanidine groups is 1. The molecule has 2 aromatic rings. The first-order chi connectivity index (χ1) is 13.2. The van der Waals surface area contributed by atoms with Crippen LogP contribution in [-0.4, -0.2) is 46.9 Å². The van der Waals surface area contributed by atoms with Crippen molar-refractivity contribution in [3.63, 3.8) is 0 Å². The van der Waals surface area contributed by atoms with E-state index in [1.54, 1.807) is 7.05 Å². The summed E-state index contributed by atoms with van der Waals surface area (Å²) in [4.78, 5) is 6.40. The fourth-order valence-electron chi connectivity index (χ4n) is 2.84. The van der Waals surface area contributed by atoms with E-state index in [2.05, 4.69) is 44.8 Å². The fourth-order valence-corrected chi connectivity index (χ4v) is 2.84. The summed E-state index contributed by atoms with van der Waals surface area (Å²) in [6, 6.07) is 14.5. The molecule has 0 unspecified atom stereocenters. The van der Waals surface area contributed by atoms with E-state index in [-0.39, 0.29) is 24.0 Å². The molecule has 3 rings (SSSR count). The summed E-state index contributed by atoms with van der Waals surface area (Å²) in [6.45, 7) is 2.17. The molecule has 0 amide bonds. The predicted molar refractivity (Wildman–Crippen MR) is 127 cm³/mol. The van der Waals surface area contributed by atoms with Gasteiger partial charge in [0.25, 0.3) is 0 Å². The first kappa shape index (κ1) is 22.1. The minimum absolute atomic E-state index is 0. The molecule has 1 heterocycles. The summed E-state index contributed by atoms with van der Waals surface area (Å²) in [5, 5.41) is 6.66. The third-order valence-corrected chi connectivity index (χ3v) is 4.39. The Balaban J connectivity index is 0.00000280. The van der Waals surface area contributed by atoms with Crippen LogP contribution in [0.1, 0.15) is 12.0 Å². The van der Waals surface area contributed by atoms with Gasteiger partial charge in [0.2, 0.25) is 0 Å². The van der Waals surface area contributed by atoms with Crippen molar-refractivity contribution in [2.45, 2.75) is 12.8 Å². The van der Waals surface area contributed by atoms with Crippen molar-refractivity contribution in [3.8, 4) is 11.5 Å². The Hall–Kier alpha value is -2.16. The van der Waals surface area contributed by atoms with Gasteiger partial charge in [0.1, 0.15) is 0 Å². The van der Waals surface area contributed by atoms with Gasteiger partial charge in [-0.15, -0.1) is 24.0 Å². The lowest BCUT2D eigenvalue weighted by molar-refractivity contribution is 0.297. The van der Waals surface area contributed by atoms with Gasteiger partial charge in [-0.3, -0.25) is 4.99 Å². The van der Waals surface area contributed by atoms with Gasteiger partial charge >= 0.3 is 0 Å². The van der Waals surface area contributed by atoms with Crippen LogP contribution < -0.4 is 25.0 Å². The maximum absolute atomic E-state index is 5.74. The number of anilines is 2. The molecule has 152 valence electrons. The van der Waals surface area contributed by atoms with Crippen LogP contribution in [0.25, 0.3) is 0 Å². The van der Waals surface area contributed by atoms with Crippen molar-refractivity contribution in [1.82, 2.24) is 5.32 Å². The van der Waals surface area contributed by atoms with E-state index in [1.165, 1.54) is 11.3 Å². The number of ether oxygens (including phenoxy) is 2. The maximum atomic E-state index is 5.74. The zero-order valence-corrected chi connectivity index (χ0v) is 19.0. The summed E-state index contributed by atoms with van der Waals surface area (Å²) >= 11 is 0. The molecule has 0 fully saturated rings. The molecule has 0 aromatic heterocycles. The molecular formula is C21H29IN4O2. The maximum Gasteiger partial charge on any atom is 0.195 e. The van der Waals surface area contributed by atoms with Crippen LogP contribution in [0.2, 0.25) is 0 Å². The van der Waals surface area contributed by atoms with Crippen LogP contribution in [-0.2, 0) is 6.42 Å². The number of rotatable bonds is 5. The fraction of sp³-hybridized carbons (Fsp3) is 0.381. The normalized spacial score (nSPS) is 13.2. The van der Waals surface area contributed by atoms with Gasteiger partial charge in [-0.25, -0.2) is 0 Å². The SMILES string of the molecule is CN=C(NCCc1ccc(N(C)C)cc1)Nc1ccc2c(c1)OCCCO2.I. The Morgan fingerprint density at radius 1 is 1.04 bits per heavy atom. The van der Waals surface area contributed by atoms with Crippen molar-refractivity contribution in [1.29, 1.82) is 0 Å². The van der Waals surface area contributed by atoms with Crippen molar-refractivity contribution in [2.24, 2.45) is 4.99 Å². The van der Waals surface area contributed by atoms with E-state index in [4.69, 9.17) is 9.47 Å². The second-order valence-electron chi connectivity index (χ2n) is 6.65. The van der Waals surface area contributed by atoms with Gasteiger partial charge in [-0.05, 0) is 36.2 Å². The molecule has 1 aliphatic rings. The topological polar surface area (TPSA) is 58.1 Å². The van der Waals surface area contributed by atoms with Crippen LogP contribution in [0.3, 0.4) is 0 Å². The number of nitrogens with zero attached hydrogens (tertiary/aromatic N) is 2. The molecule has 0 aliphatic carbocycles. The number of fused-ring (bicyclic) bond motifs is 1. The van der Waals surface area contributed by atoms with Gasteiger partial charge < -0.3 is 25.0 Å². The lowest BCUT2D eigenvalue weighted by Crippen LogP contribution is -2.32. The Labute approximate surface area is 184 Å². The lowest BCUT2D eigenvalue weighted by atomic mass is 10.1. The van der Waals surface area contributed by atoms with E-state index in [0.29, 0.717) is 13.2 Å². The summed E-state index contributed by atoms with van der Waals surface area (Å²) in [7, 11) is 5.86. The van der Waals surface area contributed by atoms with Crippen molar-refractivity contribution < 1.29 is 9.47 Å². The molecule has 0 radical (unpaired) electrons. The number of hydrogen-bond donors (Lipinski definition) is 2. The minimum Gasteiger partial charge on any atom is -0.490 e. The predicted octanol–water partition coefficient (Wildman–Crippen LogP) is 3.76. The summed E-state index contributed by atoms with van der Waals surface area (Å²) in [5.41, 5.74) is 3.42. The lowest BCUT2D eigenvalue weighted by Gasteiger charge is -2.15. The highest BCUT2D eigenvalue weighted by molar-refractivity contribution is 14.0. The number of aliphatic imine (C=N–C) groups is 1. The van der Waals surface area contributed by atoms with Crippen molar-refractivity contribution in [3.05, 3.63) is 48.0 Å². The molecule has 0 saturated heterocycles. The van der Waals surface area contributed by atoms with Crippen LogP contribution in [0.4, 0.5) is 11.4 Å². The zero-order chi connectivity index (χ0) is 19.1. The first-order valence-electron chi connectivity index (χ1n) is 9.29. The minimum atomic E-state index is 0. The molecular weight excluding hydrogens is 467 g/mol. The second-order valence-corrected chi connectivity index (χ2v) is 6.65. The van der Waals surface area contributed by atoms with Gasteiger partial charge in [-0.1, -0.05) is 12.1 Å². The highest BCUT2D eigenvalue weighted by Gasteiger charge is 2.11. The molecule has 28 heavy (non-hydrogen) atoms. The molecule has 2 N–H and O–H groups in total. The molecule has 6 nitrogen and oxygen atoms in total. The summed E-state index contributed by atoms with van der Waals surface area (Å²) < 4.78 is 11.4. The number of hydrogen-bond acceptors (Lipinski definition) is 4. The smallest absolute Gasteiger partial charge is 0.195 e. The molecule has 0 bridgehead atoms. The third kappa shape index (κ3) is 6.19. The second kappa shape index (κ2) is 11.0. The Kier molecular flexibility index (Phi) is 8.69. The Bertz CT molecular complexity index is 778. The van der Waals surface area contributed by atoms with Gasteiger partial charge in [-0.2, -0.15) is 0 Å². The largest absolute Gasteiger partial charge is 0.490 e. The van der Waals surface area contributed by atoms with Crippen LogP contribution in [0, 0.1) is 0 Å². The third-order valence-electron chi connectivity index (χ3n) is 4.39. The van der Waals surface area contributed by atoms with E-state index in [9.17, 15) is 0 Å². The first-order valence-corrected chi connectivity index (χ1v) is 9.29. The number of halogens is 1. The average molecular weight is 496 g/mol. The Morgan fingerprint density at radius 3 is 2.43 bits per heavy atom. The molecule has 0 saturated carbocycles. The Morgan fingerprint density at radius 2 is 1.75 bits per heavy atom. The summed E-state index contributed by atoms with van der Waals surface area (Å²) in [6.07, 6.45) is 1.83. The zero-order valence-electron chi connectivity index (χ0n) is 16.7. The number of benzene rings is 2. The highest BCUT2D eigenvalue weighted by Crippen LogP contribution is 2.32. The molecule has 0 atom stereocenters. The van der Waals surface area contributed by atoms with Crippen molar-refractivity contribution in [2.75, 3.05) is 51.1 Å². The van der Waals surface area contributed by atoms with E-state index in [1.807, 2.05) is 32.3 Å². The molecule has 2 aromatic carbocycles. The van der Waals surface area contributed by atoms with Gasteiger partial charge in [0, 0.05) is 51.5 Å². The number of nitrogens with one attached hydrogen (secondary N) is 2. The van der Waals surface area contributed by atoms with Gasteiger partial charge in [0.05, 0.1) is 13.2 Å². The van der Waals surface area contributed by atoms with Gasteiger partial charge in [0.15, 0.2) is 17.5 Å². The quantitative estimate of drug-likeness (QED) is 0.375. The average Bonchev–Trinajstić information content (AvgIpc) is 2.92. The van der Waals surface area contributed by atoms with E-state index in [0.717, 1.165) is 42.5 Å². The van der Waals surface area contributed by atoms with E-state index >= 15 is 0 Å². The molecule has 1 aliphatic heterocycles. The molecule has 7 heteroatoms. The van der Waals surface area contributed by atoms with Crippen molar-refractivity contribution >= 4 is 41.3 Å². The standard InChI is InChI=1S/C21H28N4O2.HI/c1-22-21(23-12-11-16-5-8-18(9-6-16)25(2)3)24-17-7-10-19-20(15-17)27-14-4-13-26-19;/h5-10,15H,4,11-14H2,1-3H3,(H2,22,23,24);1H. The van der Waals surface area contributed by atoms with Crippen LogP contribution in [0.5, 0.6) is 11.5 Å². The van der Waals surface area contributed by atoms with Crippen LogP contribution >= 0.6 is 24.0 Å². The molecule has 0 spiro atoms. The highest BCUT2D eigenvalue weighted by atomic mass is 127. The van der Waals surface area contributed by atoms with Crippen LogP contribution in [0.15, 0.2) is 47.5 Å². The van der Waals surface area contributed by atoms with E-state index < -0.39 is 0 Å². The summed E-state index contributed by atoms with van der Waals surface area (Å²) in [5.74, 6) is 2.30.